The predicted molar refractivity (Wildman–Crippen MR) is 82.8 cm³/mol. The number of aromatic nitrogens is 3. The minimum absolute atomic E-state index is 0.291. The Labute approximate surface area is 122 Å². The van der Waals surface area contributed by atoms with Crippen molar-refractivity contribution < 1.29 is 4.74 Å². The van der Waals surface area contributed by atoms with E-state index >= 15 is 0 Å². The number of ether oxygens (including phenoxy) is 1. The van der Waals surface area contributed by atoms with Gasteiger partial charge < -0.3 is 15.8 Å². The van der Waals surface area contributed by atoms with Crippen LogP contribution in [0.2, 0.25) is 0 Å². The first-order chi connectivity index (χ1) is 10.2. The van der Waals surface area contributed by atoms with Crippen molar-refractivity contribution in [1.29, 1.82) is 0 Å². The van der Waals surface area contributed by atoms with Crippen LogP contribution in [0.25, 0.3) is 10.9 Å². The van der Waals surface area contributed by atoms with Gasteiger partial charge in [-0.2, -0.15) is 0 Å². The highest BCUT2D eigenvalue weighted by molar-refractivity contribution is 5.92. The van der Waals surface area contributed by atoms with E-state index in [1.165, 1.54) is 13.4 Å². The van der Waals surface area contributed by atoms with Crippen LogP contribution in [0.3, 0.4) is 0 Å². The normalized spacial score (nSPS) is 10.6. The van der Waals surface area contributed by atoms with E-state index in [2.05, 4.69) is 20.3 Å². The van der Waals surface area contributed by atoms with Crippen LogP contribution in [0.5, 0.6) is 5.75 Å². The van der Waals surface area contributed by atoms with Gasteiger partial charge in [0.2, 0.25) is 5.75 Å². The zero-order valence-corrected chi connectivity index (χ0v) is 11.8. The molecule has 0 saturated heterocycles. The standard InChI is InChI=1S/C15H15N5O/c1-9-6-7-10-4-3-5-11(12(10)19-9)20-15-13(21-2)14(16)17-8-18-15/h3-8H,1-2H3,(H3,16,17,18,20). The summed E-state index contributed by atoms with van der Waals surface area (Å²) >= 11 is 0. The lowest BCUT2D eigenvalue weighted by atomic mass is 10.1. The molecule has 6 heteroatoms. The lowest BCUT2D eigenvalue weighted by molar-refractivity contribution is 0.415. The molecule has 1 aromatic carbocycles. The van der Waals surface area contributed by atoms with E-state index in [1.807, 2.05) is 37.3 Å². The number of benzene rings is 1. The summed E-state index contributed by atoms with van der Waals surface area (Å²) in [6, 6.07) is 9.92. The molecule has 0 fully saturated rings. The third kappa shape index (κ3) is 2.43. The lowest BCUT2D eigenvalue weighted by Crippen LogP contribution is -2.03. The largest absolute Gasteiger partial charge is 0.490 e. The SMILES string of the molecule is COc1c(N)ncnc1Nc1cccc2ccc(C)nc12. The maximum Gasteiger partial charge on any atom is 0.204 e. The van der Waals surface area contributed by atoms with Gasteiger partial charge in [0.05, 0.1) is 18.3 Å². The molecule has 6 nitrogen and oxygen atoms in total. The molecule has 0 spiro atoms. The van der Waals surface area contributed by atoms with Crippen LogP contribution in [0.4, 0.5) is 17.3 Å². The summed E-state index contributed by atoms with van der Waals surface area (Å²) in [4.78, 5) is 12.7. The molecule has 106 valence electrons. The van der Waals surface area contributed by atoms with Gasteiger partial charge in [0, 0.05) is 11.1 Å². The molecular formula is C15H15N5O. The number of nitrogen functional groups attached to an aromatic ring is 1. The van der Waals surface area contributed by atoms with Gasteiger partial charge in [-0.3, -0.25) is 4.98 Å². The number of nitrogens with one attached hydrogen (secondary N) is 1. The van der Waals surface area contributed by atoms with Gasteiger partial charge in [-0.1, -0.05) is 18.2 Å². The number of fused-ring (bicyclic) bond motifs is 1. The molecule has 0 aliphatic carbocycles. The molecule has 3 rings (SSSR count). The predicted octanol–water partition coefficient (Wildman–Crippen LogP) is 2.67. The number of para-hydroxylation sites is 1. The summed E-state index contributed by atoms with van der Waals surface area (Å²) < 4.78 is 5.25. The molecule has 0 aliphatic heterocycles. The Hall–Kier alpha value is -2.89. The van der Waals surface area contributed by atoms with Gasteiger partial charge in [-0.25, -0.2) is 9.97 Å². The summed E-state index contributed by atoms with van der Waals surface area (Å²) in [5.74, 6) is 1.22. The first kappa shape index (κ1) is 13.1. The average Bonchev–Trinajstić information content (AvgIpc) is 2.48. The second-order valence-corrected chi connectivity index (χ2v) is 4.60. The second-order valence-electron chi connectivity index (χ2n) is 4.60. The van der Waals surface area contributed by atoms with Crippen LogP contribution in [-0.2, 0) is 0 Å². The molecule has 2 aromatic heterocycles. The molecule has 3 aromatic rings. The number of pyridine rings is 1. The third-order valence-electron chi connectivity index (χ3n) is 3.15. The van der Waals surface area contributed by atoms with E-state index in [4.69, 9.17) is 10.5 Å². The number of rotatable bonds is 3. The van der Waals surface area contributed by atoms with Gasteiger partial charge in [0.15, 0.2) is 11.6 Å². The Balaban J connectivity index is 2.10. The third-order valence-corrected chi connectivity index (χ3v) is 3.15. The average molecular weight is 281 g/mol. The van der Waals surface area contributed by atoms with Crippen LogP contribution >= 0.6 is 0 Å². The molecule has 0 atom stereocenters. The van der Waals surface area contributed by atoms with Gasteiger partial charge in [-0.15, -0.1) is 0 Å². The van der Waals surface area contributed by atoms with Crippen molar-refractivity contribution in [3.8, 4) is 5.75 Å². The molecule has 0 bridgehead atoms. The topological polar surface area (TPSA) is 86.0 Å². The molecule has 0 aliphatic rings. The molecule has 3 N–H and O–H groups in total. The summed E-state index contributed by atoms with van der Waals surface area (Å²) in [5, 5.41) is 4.26. The molecule has 0 unspecified atom stereocenters. The van der Waals surface area contributed by atoms with Crippen molar-refractivity contribution in [2.75, 3.05) is 18.2 Å². The summed E-state index contributed by atoms with van der Waals surface area (Å²) in [7, 11) is 1.53. The fourth-order valence-corrected chi connectivity index (χ4v) is 2.15. The molecule has 21 heavy (non-hydrogen) atoms. The Kier molecular flexibility index (Phi) is 3.27. The lowest BCUT2D eigenvalue weighted by Gasteiger charge is -2.12. The number of hydrogen-bond donors (Lipinski definition) is 2. The fourth-order valence-electron chi connectivity index (χ4n) is 2.15. The summed E-state index contributed by atoms with van der Waals surface area (Å²) in [6.45, 7) is 1.96. The summed E-state index contributed by atoms with van der Waals surface area (Å²) in [5.41, 5.74) is 8.45. The minimum Gasteiger partial charge on any atom is -0.490 e. The van der Waals surface area contributed by atoms with E-state index in [9.17, 15) is 0 Å². The Morgan fingerprint density at radius 1 is 1.14 bits per heavy atom. The van der Waals surface area contributed by atoms with Crippen LogP contribution in [0, 0.1) is 6.92 Å². The van der Waals surface area contributed by atoms with E-state index in [1.54, 1.807) is 0 Å². The van der Waals surface area contributed by atoms with Crippen molar-refractivity contribution in [3.63, 3.8) is 0 Å². The number of nitrogens with two attached hydrogens (primary N) is 1. The van der Waals surface area contributed by atoms with Gasteiger partial charge in [0.25, 0.3) is 0 Å². The molecule has 0 amide bonds. The Morgan fingerprint density at radius 3 is 2.81 bits per heavy atom. The zero-order chi connectivity index (χ0) is 14.8. The highest BCUT2D eigenvalue weighted by atomic mass is 16.5. The highest BCUT2D eigenvalue weighted by Crippen LogP contribution is 2.31. The maximum atomic E-state index is 5.79. The van der Waals surface area contributed by atoms with E-state index in [0.29, 0.717) is 17.4 Å². The van der Waals surface area contributed by atoms with Crippen molar-refractivity contribution in [3.05, 3.63) is 42.4 Å². The number of anilines is 3. The quantitative estimate of drug-likeness (QED) is 0.767. The molecule has 2 heterocycles. The number of methoxy groups -OCH3 is 1. The Morgan fingerprint density at radius 2 is 2.00 bits per heavy atom. The van der Waals surface area contributed by atoms with E-state index in [0.717, 1.165) is 22.3 Å². The zero-order valence-electron chi connectivity index (χ0n) is 11.8. The monoisotopic (exact) mass is 281 g/mol. The van der Waals surface area contributed by atoms with Crippen LogP contribution in [0.15, 0.2) is 36.7 Å². The van der Waals surface area contributed by atoms with Crippen LogP contribution < -0.4 is 15.8 Å². The van der Waals surface area contributed by atoms with Crippen molar-refractivity contribution in [1.82, 2.24) is 15.0 Å². The fraction of sp³-hybridized carbons (Fsp3) is 0.133. The van der Waals surface area contributed by atoms with Crippen molar-refractivity contribution >= 4 is 28.2 Å². The van der Waals surface area contributed by atoms with Gasteiger partial charge >= 0.3 is 0 Å². The number of hydrogen-bond acceptors (Lipinski definition) is 6. The van der Waals surface area contributed by atoms with Crippen molar-refractivity contribution in [2.24, 2.45) is 0 Å². The first-order valence-electron chi connectivity index (χ1n) is 6.47. The minimum atomic E-state index is 0.291. The second kappa shape index (κ2) is 5.24. The maximum absolute atomic E-state index is 5.79. The molecule has 0 saturated carbocycles. The highest BCUT2D eigenvalue weighted by Gasteiger charge is 2.11. The van der Waals surface area contributed by atoms with Crippen LogP contribution in [0.1, 0.15) is 5.69 Å². The van der Waals surface area contributed by atoms with E-state index < -0.39 is 0 Å². The number of aryl methyl sites for hydroxylation is 1. The van der Waals surface area contributed by atoms with Crippen molar-refractivity contribution in [2.45, 2.75) is 6.92 Å². The van der Waals surface area contributed by atoms with Gasteiger partial charge in [-0.05, 0) is 19.1 Å². The summed E-state index contributed by atoms with van der Waals surface area (Å²) in [6.07, 6.45) is 1.39. The van der Waals surface area contributed by atoms with Gasteiger partial charge in [0.1, 0.15) is 6.33 Å². The van der Waals surface area contributed by atoms with E-state index in [-0.39, 0.29) is 0 Å². The Bertz CT molecular complexity index is 803. The molecular weight excluding hydrogens is 266 g/mol. The first-order valence-corrected chi connectivity index (χ1v) is 6.47. The molecule has 0 radical (unpaired) electrons. The smallest absolute Gasteiger partial charge is 0.204 e. The van der Waals surface area contributed by atoms with Crippen LogP contribution in [-0.4, -0.2) is 22.1 Å². The number of nitrogens with zero attached hydrogens (tertiary/aromatic N) is 3.